The van der Waals surface area contributed by atoms with Crippen LogP contribution in [-0.4, -0.2) is 22.3 Å². The van der Waals surface area contributed by atoms with Crippen molar-refractivity contribution >= 4 is 0 Å². The molecule has 2 rings (SSSR count). The summed E-state index contributed by atoms with van der Waals surface area (Å²) in [5.74, 6) is 0.675. The summed E-state index contributed by atoms with van der Waals surface area (Å²) in [6, 6.07) is 0.464. The lowest BCUT2D eigenvalue weighted by atomic mass is 10.1. The fraction of sp³-hybridized carbons (Fsp3) is 0.769. The van der Waals surface area contributed by atoms with Crippen molar-refractivity contribution in [3.05, 3.63) is 22.9 Å². The number of aromatic nitrogens is 2. The molecule has 0 atom stereocenters. The van der Waals surface area contributed by atoms with E-state index in [4.69, 9.17) is 4.74 Å². The van der Waals surface area contributed by atoms with Crippen LogP contribution < -0.4 is 5.69 Å². The lowest BCUT2D eigenvalue weighted by molar-refractivity contribution is 0.115. The van der Waals surface area contributed by atoms with Crippen LogP contribution in [0.15, 0.2) is 17.2 Å². The van der Waals surface area contributed by atoms with E-state index in [0.29, 0.717) is 25.1 Å². The van der Waals surface area contributed by atoms with Crippen LogP contribution in [0.3, 0.4) is 0 Å². The van der Waals surface area contributed by atoms with Gasteiger partial charge in [0.2, 0.25) is 0 Å². The van der Waals surface area contributed by atoms with Crippen molar-refractivity contribution in [1.82, 2.24) is 9.13 Å². The van der Waals surface area contributed by atoms with Crippen molar-refractivity contribution in [3.8, 4) is 0 Å². The maximum atomic E-state index is 11.9. The Kier molecular flexibility index (Phi) is 4.05. The van der Waals surface area contributed by atoms with Gasteiger partial charge in [-0.1, -0.05) is 13.8 Å². The predicted molar refractivity (Wildman–Crippen MR) is 67.2 cm³/mol. The highest BCUT2D eigenvalue weighted by molar-refractivity contribution is 4.91. The van der Waals surface area contributed by atoms with Crippen LogP contribution in [0.5, 0.6) is 0 Å². The Labute approximate surface area is 102 Å². The molecule has 1 aliphatic rings. The Morgan fingerprint density at radius 1 is 1.35 bits per heavy atom. The van der Waals surface area contributed by atoms with E-state index in [0.717, 1.165) is 25.9 Å². The molecule has 17 heavy (non-hydrogen) atoms. The lowest BCUT2D eigenvalue weighted by Gasteiger charge is -2.06. The summed E-state index contributed by atoms with van der Waals surface area (Å²) in [6.45, 7) is 6.45. The van der Waals surface area contributed by atoms with Gasteiger partial charge in [-0.3, -0.25) is 9.13 Å². The Balaban J connectivity index is 1.73. The predicted octanol–water partition coefficient (Wildman–Crippen LogP) is 2.05. The van der Waals surface area contributed by atoms with E-state index >= 15 is 0 Å². The first-order valence-electron chi connectivity index (χ1n) is 6.53. The highest BCUT2D eigenvalue weighted by atomic mass is 16.5. The van der Waals surface area contributed by atoms with Gasteiger partial charge in [0.25, 0.3) is 0 Å². The van der Waals surface area contributed by atoms with Crippen LogP contribution in [0.1, 0.15) is 39.2 Å². The number of hydrogen-bond acceptors (Lipinski definition) is 2. The number of hydrogen-bond donors (Lipinski definition) is 0. The highest BCUT2D eigenvalue weighted by Gasteiger charge is 2.25. The van der Waals surface area contributed by atoms with E-state index in [1.807, 2.05) is 17.0 Å². The van der Waals surface area contributed by atoms with E-state index in [2.05, 4.69) is 13.8 Å². The Morgan fingerprint density at radius 2 is 2.12 bits per heavy atom. The summed E-state index contributed by atoms with van der Waals surface area (Å²) >= 11 is 0. The second kappa shape index (κ2) is 5.54. The van der Waals surface area contributed by atoms with Gasteiger partial charge in [-0.15, -0.1) is 0 Å². The van der Waals surface area contributed by atoms with Gasteiger partial charge in [-0.25, -0.2) is 4.79 Å². The molecule has 0 saturated heterocycles. The number of ether oxygens (including phenoxy) is 1. The number of imidazole rings is 1. The molecule has 1 heterocycles. The first-order chi connectivity index (χ1) is 8.18. The molecule has 0 radical (unpaired) electrons. The largest absolute Gasteiger partial charge is 0.380 e. The number of rotatable bonds is 7. The molecular formula is C13H22N2O2. The van der Waals surface area contributed by atoms with E-state index in [-0.39, 0.29) is 5.69 Å². The molecule has 0 aliphatic heterocycles. The maximum absolute atomic E-state index is 11.9. The first kappa shape index (κ1) is 12.4. The van der Waals surface area contributed by atoms with Gasteiger partial charge < -0.3 is 4.74 Å². The second-order valence-corrected chi connectivity index (χ2v) is 5.21. The minimum atomic E-state index is 0.111. The van der Waals surface area contributed by atoms with E-state index in [9.17, 15) is 4.79 Å². The summed E-state index contributed by atoms with van der Waals surface area (Å²) in [4.78, 5) is 11.9. The first-order valence-corrected chi connectivity index (χ1v) is 6.53. The van der Waals surface area contributed by atoms with Crippen LogP contribution >= 0.6 is 0 Å². The average molecular weight is 238 g/mol. The Bertz CT molecular complexity index is 402. The van der Waals surface area contributed by atoms with E-state index in [1.54, 1.807) is 4.57 Å². The molecule has 1 aromatic heterocycles. The molecule has 96 valence electrons. The molecule has 1 saturated carbocycles. The SMILES string of the molecule is CC(C)CCOCCn1ccn(C2CC2)c1=O. The van der Waals surface area contributed by atoms with E-state index < -0.39 is 0 Å². The molecule has 0 bridgehead atoms. The molecule has 1 fully saturated rings. The fourth-order valence-electron chi connectivity index (χ4n) is 1.81. The molecule has 4 heteroatoms. The molecule has 0 amide bonds. The van der Waals surface area contributed by atoms with Crippen LogP contribution in [-0.2, 0) is 11.3 Å². The quantitative estimate of drug-likeness (QED) is 0.682. The second-order valence-electron chi connectivity index (χ2n) is 5.21. The van der Waals surface area contributed by atoms with Crippen LogP contribution in [0.4, 0.5) is 0 Å². The zero-order valence-electron chi connectivity index (χ0n) is 10.8. The Morgan fingerprint density at radius 3 is 2.76 bits per heavy atom. The summed E-state index contributed by atoms with van der Waals surface area (Å²) in [6.07, 6.45) is 7.14. The van der Waals surface area contributed by atoms with Gasteiger partial charge in [0.15, 0.2) is 0 Å². The maximum Gasteiger partial charge on any atom is 0.328 e. The monoisotopic (exact) mass is 238 g/mol. The van der Waals surface area contributed by atoms with Gasteiger partial charge in [0, 0.05) is 25.0 Å². The van der Waals surface area contributed by atoms with Crippen molar-refractivity contribution in [1.29, 1.82) is 0 Å². The lowest BCUT2D eigenvalue weighted by Crippen LogP contribution is -2.25. The van der Waals surface area contributed by atoms with Gasteiger partial charge in [-0.05, 0) is 25.2 Å². The summed E-state index contributed by atoms with van der Waals surface area (Å²) in [7, 11) is 0. The molecule has 0 aromatic carbocycles. The molecule has 1 aliphatic carbocycles. The molecular weight excluding hydrogens is 216 g/mol. The topological polar surface area (TPSA) is 36.2 Å². The van der Waals surface area contributed by atoms with Crippen molar-refractivity contribution in [2.75, 3.05) is 13.2 Å². The van der Waals surface area contributed by atoms with Crippen LogP contribution in [0.2, 0.25) is 0 Å². The third-order valence-electron chi connectivity index (χ3n) is 3.13. The Hall–Kier alpha value is -1.03. The standard InChI is InChI=1S/C13H22N2O2/c1-11(2)5-9-17-10-8-14-6-7-15(13(14)16)12-3-4-12/h6-7,11-12H,3-5,8-10H2,1-2H3. The third-order valence-corrected chi connectivity index (χ3v) is 3.13. The van der Waals surface area contributed by atoms with Gasteiger partial charge >= 0.3 is 5.69 Å². The van der Waals surface area contributed by atoms with Gasteiger partial charge in [0.05, 0.1) is 13.2 Å². The minimum Gasteiger partial charge on any atom is -0.380 e. The zero-order chi connectivity index (χ0) is 12.3. The molecule has 0 spiro atoms. The summed E-state index contributed by atoms with van der Waals surface area (Å²) in [5, 5.41) is 0. The number of nitrogens with zero attached hydrogens (tertiary/aromatic N) is 2. The van der Waals surface area contributed by atoms with Gasteiger partial charge in [0.1, 0.15) is 0 Å². The highest BCUT2D eigenvalue weighted by Crippen LogP contribution is 2.33. The van der Waals surface area contributed by atoms with E-state index in [1.165, 1.54) is 0 Å². The third kappa shape index (κ3) is 3.46. The van der Waals surface area contributed by atoms with Crippen LogP contribution in [0.25, 0.3) is 0 Å². The molecule has 4 nitrogen and oxygen atoms in total. The summed E-state index contributed by atoms with van der Waals surface area (Å²) in [5.41, 5.74) is 0.111. The normalized spacial score (nSPS) is 15.7. The van der Waals surface area contributed by atoms with Crippen molar-refractivity contribution < 1.29 is 4.74 Å². The molecule has 0 unspecified atom stereocenters. The minimum absolute atomic E-state index is 0.111. The van der Waals surface area contributed by atoms with Crippen molar-refractivity contribution in [2.45, 2.75) is 45.7 Å². The molecule has 1 aromatic rings. The summed E-state index contributed by atoms with van der Waals surface area (Å²) < 4.78 is 9.10. The average Bonchev–Trinajstić information content (AvgIpc) is 3.05. The van der Waals surface area contributed by atoms with Crippen LogP contribution in [0, 0.1) is 5.92 Å². The van der Waals surface area contributed by atoms with Crippen molar-refractivity contribution in [2.24, 2.45) is 5.92 Å². The zero-order valence-corrected chi connectivity index (χ0v) is 10.8. The fourth-order valence-corrected chi connectivity index (χ4v) is 1.81. The van der Waals surface area contributed by atoms with Crippen molar-refractivity contribution in [3.63, 3.8) is 0 Å². The van der Waals surface area contributed by atoms with Gasteiger partial charge in [-0.2, -0.15) is 0 Å². The smallest absolute Gasteiger partial charge is 0.328 e. The molecule has 0 N–H and O–H groups in total.